The zero-order valence-electron chi connectivity index (χ0n) is 18.9. The van der Waals surface area contributed by atoms with Crippen LogP contribution in [0, 0.1) is 18.3 Å². The second-order valence-electron chi connectivity index (χ2n) is 8.31. The Hall–Kier alpha value is -3.50. The van der Waals surface area contributed by atoms with Crippen LogP contribution in [0.5, 0.6) is 0 Å². The summed E-state index contributed by atoms with van der Waals surface area (Å²) < 4.78 is 67.5. The van der Waals surface area contributed by atoms with Gasteiger partial charge in [0.05, 0.1) is 24.2 Å². The molecule has 0 spiro atoms. The number of imidazole rings is 1. The molecule has 1 aliphatic rings. The second kappa shape index (κ2) is 9.27. The zero-order valence-corrected chi connectivity index (χ0v) is 19.7. The Balaban J connectivity index is 1.62. The van der Waals surface area contributed by atoms with Crippen molar-refractivity contribution in [3.8, 4) is 23.1 Å². The van der Waals surface area contributed by atoms with E-state index in [0.717, 1.165) is 18.0 Å². The lowest BCUT2D eigenvalue weighted by atomic mass is 10.1. The summed E-state index contributed by atoms with van der Waals surface area (Å²) in [6, 6.07) is 6.85. The number of sulfonamides is 1. The summed E-state index contributed by atoms with van der Waals surface area (Å²) in [5.74, 6) is 0.00918. The SMILES string of the molecule is Cc1cc(C#N)ccc1-n1cnc(-c2nc(NC3CCN(S(C)(=O)=O)CC3)ncc2C(F)(F)F)c1. The summed E-state index contributed by atoms with van der Waals surface area (Å²) in [6.45, 7) is 2.40. The van der Waals surface area contributed by atoms with Crippen molar-refractivity contribution in [1.82, 2.24) is 23.8 Å². The van der Waals surface area contributed by atoms with Crippen LogP contribution in [0.2, 0.25) is 0 Å². The molecule has 0 bridgehead atoms. The molecule has 3 aromatic rings. The first kappa shape index (κ1) is 24.6. The van der Waals surface area contributed by atoms with Gasteiger partial charge in [-0.1, -0.05) is 0 Å². The third-order valence-corrected chi connectivity index (χ3v) is 7.08. The number of hydrogen-bond acceptors (Lipinski definition) is 7. The van der Waals surface area contributed by atoms with Crippen molar-refractivity contribution in [2.75, 3.05) is 24.7 Å². The Morgan fingerprint density at radius 3 is 2.51 bits per heavy atom. The molecule has 0 unspecified atom stereocenters. The van der Waals surface area contributed by atoms with Crippen LogP contribution in [-0.2, 0) is 16.2 Å². The summed E-state index contributed by atoms with van der Waals surface area (Å²) in [5, 5.41) is 12.1. The maximum absolute atomic E-state index is 13.7. The number of nitriles is 1. The Bertz CT molecular complexity index is 1390. The predicted octanol–water partition coefficient (Wildman–Crippen LogP) is 3.36. The van der Waals surface area contributed by atoms with Gasteiger partial charge in [-0.05, 0) is 43.5 Å². The average molecular weight is 506 g/mol. The highest BCUT2D eigenvalue weighted by Gasteiger charge is 2.36. The lowest BCUT2D eigenvalue weighted by Crippen LogP contribution is -2.42. The molecule has 1 N–H and O–H groups in total. The smallest absolute Gasteiger partial charge is 0.351 e. The van der Waals surface area contributed by atoms with E-state index in [9.17, 15) is 21.6 Å². The van der Waals surface area contributed by atoms with E-state index in [1.807, 2.05) is 6.07 Å². The van der Waals surface area contributed by atoms with E-state index in [2.05, 4.69) is 20.3 Å². The van der Waals surface area contributed by atoms with E-state index < -0.39 is 21.8 Å². The Morgan fingerprint density at radius 1 is 1.20 bits per heavy atom. The number of aryl methyl sites for hydroxylation is 1. The lowest BCUT2D eigenvalue weighted by molar-refractivity contribution is -0.137. The van der Waals surface area contributed by atoms with Crippen molar-refractivity contribution in [3.05, 3.63) is 53.6 Å². The molecule has 13 heteroatoms. The molecule has 1 saturated heterocycles. The minimum Gasteiger partial charge on any atom is -0.351 e. The van der Waals surface area contributed by atoms with Gasteiger partial charge in [-0.2, -0.15) is 18.4 Å². The number of rotatable bonds is 5. The first-order chi connectivity index (χ1) is 16.5. The summed E-state index contributed by atoms with van der Waals surface area (Å²) >= 11 is 0. The van der Waals surface area contributed by atoms with E-state index in [1.54, 1.807) is 29.7 Å². The summed E-state index contributed by atoms with van der Waals surface area (Å²) in [4.78, 5) is 12.1. The molecule has 35 heavy (non-hydrogen) atoms. The van der Waals surface area contributed by atoms with Crippen LogP contribution in [0.25, 0.3) is 17.1 Å². The number of aromatic nitrogens is 4. The van der Waals surface area contributed by atoms with E-state index in [4.69, 9.17) is 5.26 Å². The fourth-order valence-electron chi connectivity index (χ4n) is 3.96. The van der Waals surface area contributed by atoms with Gasteiger partial charge in [-0.25, -0.2) is 27.7 Å². The van der Waals surface area contributed by atoms with Crippen LogP contribution >= 0.6 is 0 Å². The molecule has 1 aliphatic heterocycles. The molecule has 1 aromatic carbocycles. The molecule has 3 heterocycles. The van der Waals surface area contributed by atoms with Crippen molar-refractivity contribution < 1.29 is 21.6 Å². The zero-order chi connectivity index (χ0) is 25.4. The number of alkyl halides is 3. The Labute approximate surface area is 200 Å². The summed E-state index contributed by atoms with van der Waals surface area (Å²) in [7, 11) is -3.29. The van der Waals surface area contributed by atoms with E-state index in [0.29, 0.717) is 37.2 Å². The number of hydrogen-bond donors (Lipinski definition) is 1. The molecule has 0 radical (unpaired) electrons. The van der Waals surface area contributed by atoms with Crippen molar-refractivity contribution in [2.24, 2.45) is 0 Å². The number of benzene rings is 1. The first-order valence-electron chi connectivity index (χ1n) is 10.7. The average Bonchev–Trinajstić information content (AvgIpc) is 3.28. The number of anilines is 1. The number of piperidine rings is 1. The fourth-order valence-corrected chi connectivity index (χ4v) is 4.83. The van der Waals surface area contributed by atoms with Crippen molar-refractivity contribution in [1.29, 1.82) is 5.26 Å². The van der Waals surface area contributed by atoms with Crippen LogP contribution < -0.4 is 5.32 Å². The fraction of sp³-hybridized carbons (Fsp3) is 0.364. The van der Waals surface area contributed by atoms with Crippen LogP contribution in [0.15, 0.2) is 36.9 Å². The van der Waals surface area contributed by atoms with E-state index in [1.165, 1.54) is 16.8 Å². The van der Waals surface area contributed by atoms with Gasteiger partial charge < -0.3 is 9.88 Å². The number of halogens is 3. The largest absolute Gasteiger partial charge is 0.420 e. The highest BCUT2D eigenvalue weighted by molar-refractivity contribution is 7.88. The molecule has 2 aromatic heterocycles. The first-order valence-corrected chi connectivity index (χ1v) is 12.5. The van der Waals surface area contributed by atoms with Crippen LogP contribution in [-0.4, -0.2) is 57.6 Å². The minimum atomic E-state index is -4.69. The monoisotopic (exact) mass is 505 g/mol. The minimum absolute atomic E-state index is 0.00918. The summed E-state index contributed by atoms with van der Waals surface area (Å²) in [6.07, 6.45) is 0.953. The van der Waals surface area contributed by atoms with Crippen LogP contribution in [0.4, 0.5) is 19.1 Å². The normalized spacial score (nSPS) is 15.7. The molecule has 0 atom stereocenters. The highest BCUT2D eigenvalue weighted by Crippen LogP contribution is 2.36. The molecule has 0 saturated carbocycles. The molecule has 4 rings (SSSR count). The van der Waals surface area contributed by atoms with Gasteiger partial charge in [0.2, 0.25) is 16.0 Å². The van der Waals surface area contributed by atoms with Gasteiger partial charge in [0.1, 0.15) is 17.0 Å². The maximum Gasteiger partial charge on any atom is 0.420 e. The van der Waals surface area contributed by atoms with E-state index >= 15 is 0 Å². The third kappa shape index (κ3) is 5.44. The van der Waals surface area contributed by atoms with Gasteiger partial charge >= 0.3 is 6.18 Å². The van der Waals surface area contributed by atoms with Crippen LogP contribution in [0.1, 0.15) is 29.5 Å². The molecule has 184 valence electrons. The topological polar surface area (TPSA) is 117 Å². The lowest BCUT2D eigenvalue weighted by Gasteiger charge is -2.30. The molecule has 0 amide bonds. The quantitative estimate of drug-likeness (QED) is 0.565. The standard InChI is InChI=1S/C22H22F3N7O2S/c1-14-9-15(10-26)3-4-19(14)31-12-18(28-13-31)20-17(22(23,24)25)11-27-21(30-20)29-16-5-7-32(8-6-16)35(2,33)34/h3-4,9,11-13,16H,5-8H2,1-2H3,(H,27,29,30). The molecular weight excluding hydrogens is 483 g/mol. The summed E-state index contributed by atoms with van der Waals surface area (Å²) in [5.41, 5.74) is 0.527. The predicted molar refractivity (Wildman–Crippen MR) is 122 cm³/mol. The van der Waals surface area contributed by atoms with E-state index in [-0.39, 0.29) is 23.4 Å². The van der Waals surface area contributed by atoms with Crippen LogP contribution in [0.3, 0.4) is 0 Å². The number of nitrogens with one attached hydrogen (secondary N) is 1. The molecule has 9 nitrogen and oxygen atoms in total. The number of nitrogens with zero attached hydrogens (tertiary/aromatic N) is 6. The molecular formula is C22H22F3N7O2S. The Morgan fingerprint density at radius 2 is 1.91 bits per heavy atom. The van der Waals surface area contributed by atoms with Gasteiger partial charge in [-0.3, -0.25) is 0 Å². The third-order valence-electron chi connectivity index (χ3n) is 5.78. The van der Waals surface area contributed by atoms with Gasteiger partial charge in [0.25, 0.3) is 0 Å². The second-order valence-corrected chi connectivity index (χ2v) is 10.3. The Kier molecular flexibility index (Phi) is 6.52. The van der Waals surface area contributed by atoms with Gasteiger partial charge in [0.15, 0.2) is 0 Å². The van der Waals surface area contributed by atoms with Crippen molar-refractivity contribution in [3.63, 3.8) is 0 Å². The maximum atomic E-state index is 13.7. The van der Waals surface area contributed by atoms with Gasteiger partial charge in [-0.15, -0.1) is 0 Å². The van der Waals surface area contributed by atoms with Gasteiger partial charge in [0, 0.05) is 37.2 Å². The highest BCUT2D eigenvalue weighted by atomic mass is 32.2. The van der Waals surface area contributed by atoms with Crippen molar-refractivity contribution >= 4 is 16.0 Å². The van der Waals surface area contributed by atoms with Crippen molar-refractivity contribution in [2.45, 2.75) is 32.0 Å². The molecule has 1 fully saturated rings. The molecule has 0 aliphatic carbocycles.